The highest BCUT2D eigenvalue weighted by molar-refractivity contribution is 5.97. The van der Waals surface area contributed by atoms with E-state index < -0.39 is 5.54 Å². The Morgan fingerprint density at radius 3 is 2.29 bits per heavy atom. The molecule has 0 aromatic heterocycles. The molecule has 17 heavy (non-hydrogen) atoms. The number of hydrogen-bond donors (Lipinski definition) is 1. The molecule has 2 N–H and O–H groups in total. The third-order valence-electron chi connectivity index (χ3n) is 2.32. The lowest BCUT2D eigenvalue weighted by atomic mass is 9.95. The number of benzene rings is 1. The van der Waals surface area contributed by atoms with Gasteiger partial charge in [-0.1, -0.05) is 0 Å². The quantitative estimate of drug-likeness (QED) is 0.796. The average molecular weight is 237 g/mol. The zero-order chi connectivity index (χ0) is 13.1. The SMILES string of the molecule is COc1ccc(C(=O)CC(C)(C)N)cc1OC. The summed E-state index contributed by atoms with van der Waals surface area (Å²) in [5, 5.41) is 0. The molecule has 4 heteroatoms. The fourth-order valence-corrected chi connectivity index (χ4v) is 1.53. The predicted molar refractivity (Wildman–Crippen MR) is 66.8 cm³/mol. The Bertz CT molecular complexity index is 408. The highest BCUT2D eigenvalue weighted by atomic mass is 16.5. The topological polar surface area (TPSA) is 61.5 Å². The number of methoxy groups -OCH3 is 2. The molecule has 0 aliphatic rings. The van der Waals surface area contributed by atoms with Gasteiger partial charge in [-0.25, -0.2) is 0 Å². The van der Waals surface area contributed by atoms with Gasteiger partial charge in [0.15, 0.2) is 17.3 Å². The van der Waals surface area contributed by atoms with Crippen LogP contribution in [0, 0.1) is 0 Å². The second-order valence-corrected chi connectivity index (χ2v) is 4.66. The zero-order valence-electron chi connectivity index (χ0n) is 10.7. The van der Waals surface area contributed by atoms with Gasteiger partial charge in [0.2, 0.25) is 0 Å². The smallest absolute Gasteiger partial charge is 0.164 e. The molecule has 1 aromatic rings. The number of ether oxygens (including phenoxy) is 2. The fourth-order valence-electron chi connectivity index (χ4n) is 1.53. The van der Waals surface area contributed by atoms with Crippen molar-refractivity contribution in [3.8, 4) is 11.5 Å². The summed E-state index contributed by atoms with van der Waals surface area (Å²) in [6, 6.07) is 5.11. The Balaban J connectivity index is 2.96. The number of carbonyl (C=O) groups is 1. The summed E-state index contributed by atoms with van der Waals surface area (Å²) in [7, 11) is 3.10. The molecule has 0 unspecified atom stereocenters. The summed E-state index contributed by atoms with van der Waals surface area (Å²) in [5.41, 5.74) is 5.90. The summed E-state index contributed by atoms with van der Waals surface area (Å²) in [5.74, 6) is 1.16. The van der Waals surface area contributed by atoms with E-state index in [9.17, 15) is 4.79 Å². The van der Waals surface area contributed by atoms with Crippen molar-refractivity contribution in [3.63, 3.8) is 0 Å². The average Bonchev–Trinajstić information content (AvgIpc) is 2.25. The minimum absolute atomic E-state index is 0.00143. The van der Waals surface area contributed by atoms with Crippen molar-refractivity contribution in [1.29, 1.82) is 0 Å². The van der Waals surface area contributed by atoms with Crippen molar-refractivity contribution in [1.82, 2.24) is 0 Å². The van der Waals surface area contributed by atoms with Gasteiger partial charge in [0, 0.05) is 17.5 Å². The third kappa shape index (κ3) is 3.75. The van der Waals surface area contributed by atoms with Crippen LogP contribution in [0.15, 0.2) is 18.2 Å². The van der Waals surface area contributed by atoms with Gasteiger partial charge in [-0.2, -0.15) is 0 Å². The summed E-state index contributed by atoms with van der Waals surface area (Å²) < 4.78 is 10.3. The largest absolute Gasteiger partial charge is 0.493 e. The lowest BCUT2D eigenvalue weighted by Crippen LogP contribution is -2.34. The number of carbonyl (C=O) groups excluding carboxylic acids is 1. The van der Waals surface area contributed by atoms with E-state index >= 15 is 0 Å². The third-order valence-corrected chi connectivity index (χ3v) is 2.32. The molecule has 0 aliphatic carbocycles. The van der Waals surface area contributed by atoms with Crippen LogP contribution in [-0.2, 0) is 0 Å². The second-order valence-electron chi connectivity index (χ2n) is 4.66. The predicted octanol–water partition coefficient (Wildman–Crippen LogP) is 2.01. The van der Waals surface area contributed by atoms with Gasteiger partial charge < -0.3 is 15.2 Å². The molecule has 0 bridgehead atoms. The van der Waals surface area contributed by atoms with Crippen LogP contribution in [0.3, 0.4) is 0 Å². The molecule has 0 fully saturated rings. The molecule has 0 aliphatic heterocycles. The van der Waals surface area contributed by atoms with Crippen LogP contribution in [0.2, 0.25) is 0 Å². The van der Waals surface area contributed by atoms with Crippen molar-refractivity contribution >= 4 is 5.78 Å². The van der Waals surface area contributed by atoms with E-state index in [1.165, 1.54) is 0 Å². The highest BCUT2D eigenvalue weighted by Gasteiger charge is 2.18. The molecule has 0 spiro atoms. The molecule has 0 amide bonds. The summed E-state index contributed by atoms with van der Waals surface area (Å²) >= 11 is 0. The fraction of sp³-hybridized carbons (Fsp3) is 0.462. The van der Waals surface area contributed by atoms with Crippen LogP contribution < -0.4 is 15.2 Å². The van der Waals surface area contributed by atoms with Gasteiger partial charge in [-0.05, 0) is 32.0 Å². The van der Waals surface area contributed by atoms with Gasteiger partial charge in [0.1, 0.15) is 0 Å². The van der Waals surface area contributed by atoms with E-state index in [4.69, 9.17) is 15.2 Å². The Labute approximate surface area is 102 Å². The molecule has 94 valence electrons. The van der Waals surface area contributed by atoms with Crippen LogP contribution in [0.5, 0.6) is 11.5 Å². The van der Waals surface area contributed by atoms with Crippen LogP contribution in [-0.4, -0.2) is 25.5 Å². The lowest BCUT2D eigenvalue weighted by Gasteiger charge is -2.17. The lowest BCUT2D eigenvalue weighted by molar-refractivity contribution is 0.0960. The maximum absolute atomic E-state index is 12.0. The van der Waals surface area contributed by atoms with E-state index in [0.717, 1.165) is 0 Å². The standard InChI is InChI=1S/C13H19NO3/c1-13(2,14)8-10(15)9-5-6-11(16-3)12(7-9)17-4/h5-7H,8,14H2,1-4H3. The van der Waals surface area contributed by atoms with Gasteiger partial charge in [-0.15, -0.1) is 0 Å². The zero-order valence-corrected chi connectivity index (χ0v) is 10.7. The Kier molecular flexibility index (Phi) is 4.12. The van der Waals surface area contributed by atoms with E-state index in [1.807, 2.05) is 13.8 Å². The first-order valence-electron chi connectivity index (χ1n) is 5.41. The Morgan fingerprint density at radius 1 is 1.24 bits per heavy atom. The monoisotopic (exact) mass is 237 g/mol. The highest BCUT2D eigenvalue weighted by Crippen LogP contribution is 2.28. The number of hydrogen-bond acceptors (Lipinski definition) is 4. The first-order valence-corrected chi connectivity index (χ1v) is 5.41. The van der Waals surface area contributed by atoms with Gasteiger partial charge >= 0.3 is 0 Å². The normalized spacial score (nSPS) is 11.1. The summed E-state index contributed by atoms with van der Waals surface area (Å²) in [6.07, 6.45) is 0.294. The maximum Gasteiger partial charge on any atom is 0.164 e. The minimum atomic E-state index is -0.510. The summed E-state index contributed by atoms with van der Waals surface area (Å²) in [6.45, 7) is 3.65. The van der Waals surface area contributed by atoms with Gasteiger partial charge in [0.05, 0.1) is 14.2 Å². The maximum atomic E-state index is 12.0. The van der Waals surface area contributed by atoms with Gasteiger partial charge in [0.25, 0.3) is 0 Å². The first-order chi connectivity index (χ1) is 7.87. The number of Topliss-reactive ketones (excluding diaryl/α,β-unsaturated/α-hetero) is 1. The van der Waals surface area contributed by atoms with Crippen molar-refractivity contribution < 1.29 is 14.3 Å². The molecule has 0 radical (unpaired) electrons. The second kappa shape index (κ2) is 5.19. The summed E-state index contributed by atoms with van der Waals surface area (Å²) in [4.78, 5) is 12.0. The Hall–Kier alpha value is -1.55. The molecule has 0 saturated heterocycles. The molecule has 1 rings (SSSR count). The number of rotatable bonds is 5. The van der Waals surface area contributed by atoms with Crippen molar-refractivity contribution in [2.75, 3.05) is 14.2 Å². The molecular weight excluding hydrogens is 218 g/mol. The van der Waals surface area contributed by atoms with Crippen LogP contribution in [0.1, 0.15) is 30.6 Å². The van der Waals surface area contributed by atoms with Gasteiger partial charge in [-0.3, -0.25) is 4.79 Å². The van der Waals surface area contributed by atoms with E-state index in [1.54, 1.807) is 32.4 Å². The molecule has 4 nitrogen and oxygen atoms in total. The van der Waals surface area contributed by atoms with Crippen molar-refractivity contribution in [2.24, 2.45) is 5.73 Å². The minimum Gasteiger partial charge on any atom is -0.493 e. The molecule has 0 heterocycles. The van der Waals surface area contributed by atoms with E-state index in [2.05, 4.69) is 0 Å². The van der Waals surface area contributed by atoms with Crippen molar-refractivity contribution in [3.05, 3.63) is 23.8 Å². The van der Waals surface area contributed by atoms with Crippen molar-refractivity contribution in [2.45, 2.75) is 25.8 Å². The Morgan fingerprint density at radius 2 is 1.82 bits per heavy atom. The van der Waals surface area contributed by atoms with Crippen LogP contribution in [0.4, 0.5) is 0 Å². The molecule has 1 aromatic carbocycles. The number of ketones is 1. The molecule has 0 saturated carbocycles. The molecular formula is C13H19NO3. The molecule has 0 atom stereocenters. The number of nitrogens with two attached hydrogens (primary N) is 1. The van der Waals surface area contributed by atoms with Crippen LogP contribution >= 0.6 is 0 Å². The van der Waals surface area contributed by atoms with Crippen LogP contribution in [0.25, 0.3) is 0 Å². The van der Waals surface area contributed by atoms with E-state index in [-0.39, 0.29) is 5.78 Å². The van der Waals surface area contributed by atoms with E-state index in [0.29, 0.717) is 23.5 Å². The first kappa shape index (κ1) is 13.5.